The van der Waals surface area contributed by atoms with Gasteiger partial charge in [0, 0.05) is 35.8 Å². The third-order valence-electron chi connectivity index (χ3n) is 7.98. The lowest BCUT2D eigenvalue weighted by molar-refractivity contribution is -0.0357. The molecule has 3 aromatic heterocycles. The van der Waals surface area contributed by atoms with Gasteiger partial charge in [0.1, 0.15) is 22.6 Å². The number of fused-ring (bicyclic) bond motifs is 2. The van der Waals surface area contributed by atoms with Crippen LogP contribution < -0.4 is 10.1 Å². The molecule has 9 nitrogen and oxygen atoms in total. The highest BCUT2D eigenvalue weighted by Gasteiger charge is 2.39. The first-order valence-corrected chi connectivity index (χ1v) is 12.6. The van der Waals surface area contributed by atoms with E-state index in [1.165, 1.54) is 0 Å². The number of benzene rings is 1. The minimum atomic E-state index is -0.494. The van der Waals surface area contributed by atoms with E-state index in [4.69, 9.17) is 9.15 Å². The van der Waals surface area contributed by atoms with Gasteiger partial charge in [-0.2, -0.15) is 5.10 Å². The molecule has 0 bridgehead atoms. The Morgan fingerprint density at radius 2 is 2.03 bits per heavy atom. The Hall–Kier alpha value is -3.85. The summed E-state index contributed by atoms with van der Waals surface area (Å²) in [5.74, 6) is 1.39. The maximum atomic E-state index is 13.1. The molecule has 1 aliphatic heterocycles. The van der Waals surface area contributed by atoms with Gasteiger partial charge in [0.05, 0.1) is 29.5 Å². The normalized spacial score (nSPS) is 20.5. The van der Waals surface area contributed by atoms with Crippen molar-refractivity contribution in [2.24, 2.45) is 0 Å². The van der Waals surface area contributed by atoms with Crippen LogP contribution in [0.5, 0.6) is 11.5 Å². The van der Waals surface area contributed by atoms with Gasteiger partial charge < -0.3 is 24.5 Å². The molecule has 2 aliphatic rings. The van der Waals surface area contributed by atoms with E-state index in [9.17, 15) is 14.7 Å². The van der Waals surface area contributed by atoms with Gasteiger partial charge in [0.25, 0.3) is 11.8 Å². The van der Waals surface area contributed by atoms with Gasteiger partial charge in [-0.25, -0.2) is 4.52 Å². The molecule has 1 aliphatic carbocycles. The van der Waals surface area contributed by atoms with Crippen molar-refractivity contribution in [1.29, 1.82) is 0 Å². The Morgan fingerprint density at radius 3 is 2.70 bits per heavy atom. The van der Waals surface area contributed by atoms with E-state index in [0.717, 1.165) is 30.2 Å². The summed E-state index contributed by atoms with van der Waals surface area (Å²) in [6.45, 7) is 7.89. The van der Waals surface area contributed by atoms with Crippen molar-refractivity contribution < 1.29 is 23.8 Å². The lowest BCUT2D eigenvalue weighted by atomic mass is 9.78. The van der Waals surface area contributed by atoms with E-state index in [0.29, 0.717) is 46.0 Å². The standard InChI is InChI=1S/C28H30N4O5/c1-15-20(27(35)31-14-21(33)16(31)2)13-32-25(15)22(8-11-29-32)37-18-6-7-19-23(12-18)36-17(3)24(19)26(34)30-28(4)9-5-10-28/h6-8,11-13,16,21,33H,5,9-10,14H2,1-4H3,(H,30,34)/t16-,21-/m1/s1. The van der Waals surface area contributed by atoms with Crippen LogP contribution in [-0.2, 0) is 0 Å². The maximum absolute atomic E-state index is 13.1. The Balaban J connectivity index is 1.30. The number of nitrogens with one attached hydrogen (secondary N) is 1. The van der Waals surface area contributed by atoms with E-state index in [1.54, 1.807) is 40.9 Å². The van der Waals surface area contributed by atoms with Crippen molar-refractivity contribution in [3.8, 4) is 11.5 Å². The first kappa shape index (κ1) is 23.5. The number of rotatable bonds is 5. The van der Waals surface area contributed by atoms with Gasteiger partial charge in [0.15, 0.2) is 5.75 Å². The summed E-state index contributed by atoms with van der Waals surface area (Å²) in [6.07, 6.45) is 5.91. The van der Waals surface area contributed by atoms with E-state index in [-0.39, 0.29) is 23.4 Å². The molecular weight excluding hydrogens is 472 g/mol. The highest BCUT2D eigenvalue weighted by molar-refractivity contribution is 6.07. The van der Waals surface area contributed by atoms with E-state index >= 15 is 0 Å². The molecule has 4 aromatic rings. The largest absolute Gasteiger partial charge is 0.460 e. The number of likely N-dealkylation sites (tertiary alicyclic amines) is 1. The third kappa shape index (κ3) is 3.76. The average molecular weight is 503 g/mol. The number of carbonyl (C=O) groups excluding carboxylic acids is 2. The predicted octanol–water partition coefficient (Wildman–Crippen LogP) is 4.37. The number of aliphatic hydroxyl groups is 1. The van der Waals surface area contributed by atoms with Crippen LogP contribution in [0.3, 0.4) is 0 Å². The molecule has 6 rings (SSSR count). The number of aryl methyl sites for hydroxylation is 2. The Morgan fingerprint density at radius 1 is 1.24 bits per heavy atom. The summed E-state index contributed by atoms with van der Waals surface area (Å²) in [5, 5.41) is 18.1. The van der Waals surface area contributed by atoms with Crippen LogP contribution >= 0.6 is 0 Å². The van der Waals surface area contributed by atoms with Crippen LogP contribution in [-0.4, -0.2) is 55.7 Å². The fourth-order valence-corrected chi connectivity index (χ4v) is 5.37. The Labute approximate surface area is 214 Å². The molecular formula is C28H30N4O5. The molecule has 1 aromatic carbocycles. The van der Waals surface area contributed by atoms with Gasteiger partial charge in [-0.1, -0.05) is 0 Å². The first-order valence-electron chi connectivity index (χ1n) is 12.6. The summed E-state index contributed by atoms with van der Waals surface area (Å²) in [5.41, 5.74) is 2.93. The van der Waals surface area contributed by atoms with Crippen molar-refractivity contribution in [3.63, 3.8) is 0 Å². The minimum Gasteiger partial charge on any atom is -0.460 e. The zero-order valence-electron chi connectivity index (χ0n) is 21.4. The first-order chi connectivity index (χ1) is 17.6. The number of carbonyl (C=O) groups is 2. The number of ether oxygens (including phenoxy) is 1. The van der Waals surface area contributed by atoms with Gasteiger partial charge in [0.2, 0.25) is 0 Å². The van der Waals surface area contributed by atoms with Crippen LogP contribution in [0.2, 0.25) is 0 Å². The number of nitrogens with zero attached hydrogens (tertiary/aromatic N) is 3. The zero-order chi connectivity index (χ0) is 26.1. The van der Waals surface area contributed by atoms with Crippen LogP contribution in [0.1, 0.15) is 65.1 Å². The topological polar surface area (TPSA) is 109 Å². The van der Waals surface area contributed by atoms with Gasteiger partial charge >= 0.3 is 0 Å². The number of hydrogen-bond acceptors (Lipinski definition) is 6. The quantitative estimate of drug-likeness (QED) is 0.420. The van der Waals surface area contributed by atoms with E-state index in [2.05, 4.69) is 17.3 Å². The number of furan rings is 1. The highest BCUT2D eigenvalue weighted by Crippen LogP contribution is 2.36. The van der Waals surface area contributed by atoms with Crippen LogP contribution in [0, 0.1) is 13.8 Å². The number of aliphatic hydroxyl groups excluding tert-OH is 1. The molecule has 2 N–H and O–H groups in total. The van der Waals surface area contributed by atoms with Crippen molar-refractivity contribution in [2.45, 2.75) is 64.6 Å². The molecule has 1 saturated carbocycles. The van der Waals surface area contributed by atoms with E-state index < -0.39 is 6.10 Å². The van der Waals surface area contributed by atoms with Crippen LogP contribution in [0.4, 0.5) is 0 Å². The third-order valence-corrected chi connectivity index (χ3v) is 7.98. The Bertz CT molecular complexity index is 1560. The molecule has 37 heavy (non-hydrogen) atoms. The molecule has 1 saturated heterocycles. The molecule has 4 heterocycles. The second-order valence-corrected chi connectivity index (χ2v) is 10.6. The second kappa shape index (κ2) is 8.34. The lowest BCUT2D eigenvalue weighted by Gasteiger charge is -2.43. The summed E-state index contributed by atoms with van der Waals surface area (Å²) >= 11 is 0. The summed E-state index contributed by atoms with van der Waals surface area (Å²) in [6, 6.07) is 6.96. The predicted molar refractivity (Wildman–Crippen MR) is 137 cm³/mol. The smallest absolute Gasteiger partial charge is 0.256 e. The van der Waals surface area contributed by atoms with Gasteiger partial charge in [-0.3, -0.25) is 9.59 Å². The molecule has 192 valence electrons. The Kier molecular flexibility index (Phi) is 5.31. The number of amides is 2. The van der Waals surface area contributed by atoms with Crippen molar-refractivity contribution >= 4 is 28.3 Å². The number of β-amino-alcohol motifs (C(OH)–C–C–N with tert-alkyl or cyclic N) is 1. The molecule has 2 fully saturated rings. The second-order valence-electron chi connectivity index (χ2n) is 10.6. The van der Waals surface area contributed by atoms with Crippen molar-refractivity contribution in [3.05, 3.63) is 59.1 Å². The van der Waals surface area contributed by atoms with Gasteiger partial charge in [-0.15, -0.1) is 0 Å². The van der Waals surface area contributed by atoms with Crippen molar-refractivity contribution in [2.75, 3.05) is 6.54 Å². The fourth-order valence-electron chi connectivity index (χ4n) is 5.37. The van der Waals surface area contributed by atoms with Crippen LogP contribution in [0.15, 0.2) is 41.1 Å². The SMILES string of the molecule is Cc1oc2cc(Oc3ccnn4cc(C(=O)N5C[C@@H](O)[C@H]5C)c(C)c34)ccc2c1C(=O)NC1(C)CCC1. The van der Waals surface area contributed by atoms with Crippen LogP contribution in [0.25, 0.3) is 16.5 Å². The number of hydrogen-bond donors (Lipinski definition) is 2. The lowest BCUT2D eigenvalue weighted by Crippen LogP contribution is -2.60. The molecule has 2 amide bonds. The molecule has 9 heteroatoms. The zero-order valence-corrected chi connectivity index (χ0v) is 21.4. The summed E-state index contributed by atoms with van der Waals surface area (Å²) in [4.78, 5) is 27.7. The average Bonchev–Trinajstić information content (AvgIpc) is 3.37. The fraction of sp³-hybridized carbons (Fsp3) is 0.393. The maximum Gasteiger partial charge on any atom is 0.256 e. The highest BCUT2D eigenvalue weighted by atomic mass is 16.5. The summed E-state index contributed by atoms with van der Waals surface area (Å²) < 4.78 is 13.8. The number of aromatic nitrogens is 2. The van der Waals surface area contributed by atoms with E-state index in [1.807, 2.05) is 26.0 Å². The minimum absolute atomic E-state index is 0.118. The molecule has 0 radical (unpaired) electrons. The summed E-state index contributed by atoms with van der Waals surface area (Å²) in [7, 11) is 0. The van der Waals surface area contributed by atoms with Crippen molar-refractivity contribution in [1.82, 2.24) is 19.8 Å². The molecule has 0 unspecified atom stereocenters. The molecule has 0 spiro atoms. The monoisotopic (exact) mass is 502 g/mol. The van der Waals surface area contributed by atoms with Gasteiger partial charge in [-0.05, 0) is 64.7 Å². The molecule has 2 atom stereocenters.